The minimum absolute atomic E-state index is 0.0110. The fourth-order valence-electron chi connectivity index (χ4n) is 6.28. The van der Waals surface area contributed by atoms with Gasteiger partial charge in [0.15, 0.2) is 11.2 Å². The third kappa shape index (κ3) is 17.6. The van der Waals surface area contributed by atoms with E-state index in [1.165, 1.54) is 18.3 Å². The number of amides is 3. The van der Waals surface area contributed by atoms with E-state index in [4.69, 9.17) is 19.9 Å². The fraction of sp³-hybridized carbons (Fsp3) is 0.476. The van der Waals surface area contributed by atoms with Crippen LogP contribution in [0.1, 0.15) is 69.4 Å². The Labute approximate surface area is 387 Å². The molecule has 3 unspecified atom stereocenters. The molecule has 3 aromatic heterocycles. The molecule has 4 aromatic rings. The number of nitrogens with zero attached hydrogens (tertiary/aromatic N) is 5. The van der Waals surface area contributed by atoms with E-state index in [0.717, 1.165) is 21.7 Å². The Kier molecular flexibility index (Phi) is 19.6. The molecule has 0 spiro atoms. The number of hydrogen-bond acceptors (Lipinski definition) is 18. The summed E-state index contributed by atoms with van der Waals surface area (Å²) in [5, 5.41) is 30.7. The van der Waals surface area contributed by atoms with Gasteiger partial charge in [-0.15, -0.1) is 0 Å². The molecule has 0 saturated carbocycles. The minimum atomic E-state index is -1.56. The predicted octanol–water partition coefficient (Wildman–Crippen LogP) is -0.455. The van der Waals surface area contributed by atoms with Crippen molar-refractivity contribution in [2.75, 3.05) is 50.5 Å². The van der Waals surface area contributed by atoms with Crippen LogP contribution < -0.4 is 43.8 Å². The van der Waals surface area contributed by atoms with Gasteiger partial charge < -0.3 is 56.3 Å². The first-order valence-corrected chi connectivity index (χ1v) is 21.4. The molecule has 10 N–H and O–H groups in total. The quantitative estimate of drug-likeness (QED) is 0.0284. The number of carbonyl (C=O) groups is 6. The number of nitrogens with two attached hydrogens (primary N) is 1. The van der Waals surface area contributed by atoms with Crippen molar-refractivity contribution in [3.63, 3.8) is 0 Å². The zero-order chi connectivity index (χ0) is 50.0. The maximum atomic E-state index is 13.4. The van der Waals surface area contributed by atoms with Crippen LogP contribution in [0.4, 0.5) is 16.4 Å². The number of nitrogen functional groups attached to an aromatic ring is 1. The Bertz CT molecular complexity index is 2570. The highest BCUT2D eigenvalue weighted by molar-refractivity contribution is 5.97. The molecule has 368 valence electrons. The molecule has 3 atom stereocenters. The second-order valence-electron chi connectivity index (χ2n) is 16.2. The molecule has 0 radical (unpaired) electrons. The summed E-state index contributed by atoms with van der Waals surface area (Å²) in [6.07, 6.45) is 2.69. The first-order valence-electron chi connectivity index (χ1n) is 21.4. The summed E-state index contributed by atoms with van der Waals surface area (Å²) >= 11 is 0. The number of nitrogens with one attached hydrogen (secondary N) is 6. The van der Waals surface area contributed by atoms with Gasteiger partial charge in [0.1, 0.15) is 30.8 Å². The van der Waals surface area contributed by atoms with E-state index >= 15 is 0 Å². The average molecular weight is 953 g/mol. The Morgan fingerprint density at radius 1 is 0.926 bits per heavy atom. The fourth-order valence-corrected chi connectivity index (χ4v) is 6.28. The summed E-state index contributed by atoms with van der Waals surface area (Å²) in [5.74, 6) is -5.05. The van der Waals surface area contributed by atoms with Gasteiger partial charge in [-0.05, 0) is 77.8 Å². The highest BCUT2D eigenvalue weighted by atomic mass is 16.6. The van der Waals surface area contributed by atoms with E-state index in [2.05, 4.69) is 41.2 Å². The van der Waals surface area contributed by atoms with Gasteiger partial charge in [-0.3, -0.25) is 43.3 Å². The van der Waals surface area contributed by atoms with Crippen LogP contribution in [-0.4, -0.2) is 144 Å². The number of aromatic amines is 2. The van der Waals surface area contributed by atoms with Crippen molar-refractivity contribution in [3.05, 3.63) is 85.2 Å². The third-order valence-corrected chi connectivity index (χ3v) is 9.50. The lowest BCUT2D eigenvalue weighted by atomic mass is 10.1. The maximum Gasteiger partial charge on any atom is 0.408 e. The Hall–Kier alpha value is -7.74. The summed E-state index contributed by atoms with van der Waals surface area (Å²) in [4.78, 5) is 130. The minimum Gasteiger partial charge on any atom is -0.480 e. The van der Waals surface area contributed by atoms with Gasteiger partial charge in [0.2, 0.25) is 11.9 Å². The molecule has 3 heterocycles. The summed E-state index contributed by atoms with van der Waals surface area (Å²) in [6, 6.07) is 3.28. The molecule has 0 aliphatic rings. The van der Waals surface area contributed by atoms with Crippen molar-refractivity contribution in [2.45, 2.75) is 90.2 Å². The van der Waals surface area contributed by atoms with Crippen molar-refractivity contribution in [1.29, 1.82) is 0 Å². The number of unbranched alkanes of at least 4 members (excludes halogenated alkanes) is 2. The SMILES string of the molecule is CCOC(=O)CN(CC(COCCCCCNC(CC(NC(=O)c1ccc(NCc2cnc3nc(N)[nH]c(=O)c3n2)cc1)C(=O)O)C(=O)O)NC(=O)OC(C)(C)C)C(=O)Cn1ccc(=O)[nH]c1=O. The Balaban J connectivity index is 1.25. The lowest BCUT2D eigenvalue weighted by Crippen LogP contribution is -2.51. The molecule has 0 bridgehead atoms. The van der Waals surface area contributed by atoms with E-state index in [9.17, 15) is 53.4 Å². The van der Waals surface area contributed by atoms with Crippen molar-refractivity contribution in [2.24, 2.45) is 0 Å². The molecule has 1 aromatic carbocycles. The maximum absolute atomic E-state index is 13.4. The molecule has 0 saturated heterocycles. The standard InChI is InChI=1S/C42H56N12O14/c1-5-67-32(57)22-54(31(56)21-53-15-13-30(55)50-40(53)64)20-27(48-41(65)68-42(2,3)4)23-66-16-8-6-7-14-44-28(37(60)61)17-29(38(62)63)49-35(58)24-9-11-25(12-10-24)45-18-26-19-46-34-33(47-26)36(59)52-39(43)51-34/h9-13,15,19,27-29,44-45H,5-8,14,16-18,20-23H2,1-4H3,(H,48,65)(H,49,58)(H,60,61)(H,62,63)(H,50,55,64)(H3,43,46,51,52,59). The number of H-pyrrole nitrogens is 2. The van der Waals surface area contributed by atoms with E-state index < -0.39 is 95.9 Å². The molecular formula is C42H56N12O14. The molecule has 3 amide bonds. The zero-order valence-corrected chi connectivity index (χ0v) is 37.9. The second-order valence-corrected chi connectivity index (χ2v) is 16.2. The van der Waals surface area contributed by atoms with Gasteiger partial charge >= 0.3 is 29.7 Å². The first kappa shape index (κ1) is 52.9. The molecule has 26 heteroatoms. The van der Waals surface area contributed by atoms with Crippen molar-refractivity contribution in [3.8, 4) is 0 Å². The number of benzene rings is 1. The number of fused-ring (bicyclic) bond motifs is 1. The number of rotatable bonds is 26. The lowest BCUT2D eigenvalue weighted by molar-refractivity contribution is -0.149. The molecule has 0 aliphatic carbocycles. The number of aliphatic carboxylic acids is 2. The van der Waals surface area contributed by atoms with Crippen LogP contribution in [0.5, 0.6) is 0 Å². The number of ether oxygens (including phenoxy) is 3. The molecule has 26 nitrogen and oxygen atoms in total. The van der Waals surface area contributed by atoms with Gasteiger partial charge in [-0.1, -0.05) is 0 Å². The number of hydrogen-bond donors (Lipinski definition) is 9. The van der Waals surface area contributed by atoms with Crippen LogP contribution in [-0.2, 0) is 46.5 Å². The monoisotopic (exact) mass is 952 g/mol. The van der Waals surface area contributed by atoms with Crippen molar-refractivity contribution >= 4 is 58.6 Å². The van der Waals surface area contributed by atoms with E-state index in [1.54, 1.807) is 39.8 Å². The number of esters is 1. The summed E-state index contributed by atoms with van der Waals surface area (Å²) < 4.78 is 17.2. The van der Waals surface area contributed by atoms with Gasteiger partial charge in [0.05, 0.1) is 37.7 Å². The van der Waals surface area contributed by atoms with E-state index in [1.807, 2.05) is 4.98 Å². The summed E-state index contributed by atoms with van der Waals surface area (Å²) in [5.41, 5.74) is 3.81. The number of aromatic nitrogens is 6. The van der Waals surface area contributed by atoms with Crippen LogP contribution in [0.3, 0.4) is 0 Å². The van der Waals surface area contributed by atoms with Crippen LogP contribution >= 0.6 is 0 Å². The normalized spacial score (nSPS) is 12.6. The highest BCUT2D eigenvalue weighted by Crippen LogP contribution is 2.13. The van der Waals surface area contributed by atoms with Gasteiger partial charge in [-0.2, -0.15) is 4.98 Å². The first-order chi connectivity index (χ1) is 32.2. The van der Waals surface area contributed by atoms with Gasteiger partial charge in [-0.25, -0.2) is 24.4 Å². The second kappa shape index (κ2) is 25.2. The van der Waals surface area contributed by atoms with Gasteiger partial charge in [0.25, 0.3) is 17.0 Å². The van der Waals surface area contributed by atoms with E-state index in [-0.39, 0.29) is 62.1 Å². The average Bonchev–Trinajstić information content (AvgIpc) is 3.25. The molecule has 4 rings (SSSR count). The van der Waals surface area contributed by atoms with Crippen LogP contribution in [0.15, 0.2) is 57.1 Å². The van der Waals surface area contributed by atoms with Crippen LogP contribution in [0.25, 0.3) is 11.2 Å². The lowest BCUT2D eigenvalue weighted by Gasteiger charge is -2.29. The third-order valence-electron chi connectivity index (χ3n) is 9.50. The van der Waals surface area contributed by atoms with Crippen molar-refractivity contribution in [1.82, 2.24) is 50.3 Å². The Morgan fingerprint density at radius 2 is 1.65 bits per heavy atom. The molecule has 0 fully saturated rings. The number of carboxylic acid groups (broad SMARTS) is 2. The summed E-state index contributed by atoms with van der Waals surface area (Å²) in [7, 11) is 0. The van der Waals surface area contributed by atoms with Gasteiger partial charge in [0, 0.05) is 43.1 Å². The highest BCUT2D eigenvalue weighted by Gasteiger charge is 2.29. The molecule has 0 aliphatic heterocycles. The molecule has 68 heavy (non-hydrogen) atoms. The predicted molar refractivity (Wildman–Crippen MR) is 241 cm³/mol. The number of anilines is 2. The molecular weight excluding hydrogens is 897 g/mol. The topological polar surface area (TPSA) is 374 Å². The largest absolute Gasteiger partial charge is 0.480 e. The smallest absolute Gasteiger partial charge is 0.408 e. The van der Waals surface area contributed by atoms with Crippen LogP contribution in [0, 0.1) is 0 Å². The van der Waals surface area contributed by atoms with E-state index in [0.29, 0.717) is 30.6 Å². The number of alkyl carbamates (subject to hydrolysis) is 1. The van der Waals surface area contributed by atoms with Crippen LogP contribution in [0.2, 0.25) is 0 Å². The summed E-state index contributed by atoms with van der Waals surface area (Å²) in [6.45, 7) is 5.60. The zero-order valence-electron chi connectivity index (χ0n) is 37.9. The number of carbonyl (C=O) groups excluding carboxylic acids is 4. The van der Waals surface area contributed by atoms with Crippen molar-refractivity contribution < 1.29 is 53.2 Å². The Morgan fingerprint density at radius 3 is 2.31 bits per heavy atom. The number of carboxylic acids is 2.